The van der Waals surface area contributed by atoms with Crippen molar-refractivity contribution in [2.24, 2.45) is 0 Å². The smallest absolute Gasteiger partial charge is 0.217 e. The maximum absolute atomic E-state index is 11.9. The Morgan fingerprint density at radius 3 is 2.69 bits per heavy atom. The average Bonchev–Trinajstić information content (AvgIpc) is 2.71. The van der Waals surface area contributed by atoms with Crippen molar-refractivity contribution in [1.29, 1.82) is 0 Å². The fourth-order valence-corrected chi connectivity index (χ4v) is 3.65. The Labute approximate surface area is 103 Å². The normalized spacial score (nSPS) is 31.0. The molecule has 2 saturated heterocycles. The van der Waals surface area contributed by atoms with Crippen LogP contribution in [-0.4, -0.2) is 46.0 Å². The van der Waals surface area contributed by atoms with Crippen LogP contribution in [0.25, 0.3) is 0 Å². The van der Waals surface area contributed by atoms with E-state index in [1.165, 1.54) is 0 Å². The standard InChI is InChI=1S/C9H18N2O3S.ClH/c12-15(13,9-2-1-5-14-7-9)11-8-3-4-10-6-8;/h8-11H,1-7H2;1H. The minimum Gasteiger partial charge on any atom is -0.380 e. The molecule has 5 nitrogen and oxygen atoms in total. The zero-order valence-corrected chi connectivity index (χ0v) is 10.8. The van der Waals surface area contributed by atoms with Gasteiger partial charge in [-0.2, -0.15) is 0 Å². The molecule has 7 heteroatoms. The fraction of sp³-hybridized carbons (Fsp3) is 1.00. The molecule has 2 N–H and O–H groups in total. The van der Waals surface area contributed by atoms with Crippen molar-refractivity contribution in [1.82, 2.24) is 10.0 Å². The van der Waals surface area contributed by atoms with E-state index in [2.05, 4.69) is 10.0 Å². The number of rotatable bonds is 3. The van der Waals surface area contributed by atoms with E-state index in [-0.39, 0.29) is 23.7 Å². The van der Waals surface area contributed by atoms with E-state index in [1.54, 1.807) is 0 Å². The number of sulfonamides is 1. The molecule has 2 rings (SSSR count). The van der Waals surface area contributed by atoms with Crippen LogP contribution in [0, 0.1) is 0 Å². The molecule has 2 aliphatic rings. The maximum Gasteiger partial charge on any atom is 0.217 e. The third kappa shape index (κ3) is 3.56. The molecule has 2 unspecified atom stereocenters. The summed E-state index contributed by atoms with van der Waals surface area (Å²) in [4.78, 5) is 0. The molecule has 2 aliphatic heterocycles. The van der Waals surface area contributed by atoms with E-state index in [4.69, 9.17) is 4.74 Å². The molecule has 96 valence electrons. The third-order valence-electron chi connectivity index (χ3n) is 2.95. The van der Waals surface area contributed by atoms with Gasteiger partial charge in [-0.05, 0) is 25.8 Å². The van der Waals surface area contributed by atoms with E-state index in [9.17, 15) is 8.42 Å². The van der Waals surface area contributed by atoms with Crippen molar-refractivity contribution >= 4 is 22.4 Å². The zero-order valence-electron chi connectivity index (χ0n) is 9.15. The van der Waals surface area contributed by atoms with Crippen LogP contribution in [0.1, 0.15) is 19.3 Å². The topological polar surface area (TPSA) is 67.4 Å². The molecule has 0 bridgehead atoms. The number of hydrogen-bond acceptors (Lipinski definition) is 4. The Balaban J connectivity index is 0.00000128. The number of ether oxygens (including phenoxy) is 1. The fourth-order valence-electron chi connectivity index (χ4n) is 2.04. The Morgan fingerprint density at radius 1 is 1.31 bits per heavy atom. The monoisotopic (exact) mass is 270 g/mol. The van der Waals surface area contributed by atoms with Crippen molar-refractivity contribution < 1.29 is 13.2 Å². The van der Waals surface area contributed by atoms with Gasteiger partial charge in [-0.3, -0.25) is 0 Å². The molecule has 2 heterocycles. The van der Waals surface area contributed by atoms with E-state index >= 15 is 0 Å². The molecule has 0 aromatic carbocycles. The minimum absolute atomic E-state index is 0. The first kappa shape index (κ1) is 14.2. The van der Waals surface area contributed by atoms with Crippen LogP contribution in [0.2, 0.25) is 0 Å². The predicted octanol–water partition coefficient (Wildman–Crippen LogP) is -0.132. The van der Waals surface area contributed by atoms with Gasteiger partial charge in [0, 0.05) is 19.2 Å². The molecule has 0 spiro atoms. The highest BCUT2D eigenvalue weighted by Crippen LogP contribution is 2.14. The summed E-state index contributed by atoms with van der Waals surface area (Å²) in [5.74, 6) is 0. The second-order valence-corrected chi connectivity index (χ2v) is 6.18. The highest BCUT2D eigenvalue weighted by atomic mass is 35.5. The van der Waals surface area contributed by atoms with Crippen LogP contribution in [0.3, 0.4) is 0 Å². The Bertz CT molecular complexity index is 298. The average molecular weight is 271 g/mol. The van der Waals surface area contributed by atoms with E-state index in [0.29, 0.717) is 13.2 Å². The summed E-state index contributed by atoms with van der Waals surface area (Å²) in [5, 5.41) is 2.78. The molecule has 2 fully saturated rings. The summed E-state index contributed by atoms with van der Waals surface area (Å²) < 4.78 is 31.8. The zero-order chi connectivity index (χ0) is 10.7. The highest BCUT2D eigenvalue weighted by molar-refractivity contribution is 7.90. The Kier molecular flexibility index (Phi) is 5.46. The van der Waals surface area contributed by atoms with Crippen molar-refractivity contribution in [2.75, 3.05) is 26.3 Å². The maximum atomic E-state index is 11.9. The van der Waals surface area contributed by atoms with Crippen LogP contribution < -0.4 is 10.0 Å². The van der Waals surface area contributed by atoms with Crippen LogP contribution in [0.15, 0.2) is 0 Å². The predicted molar refractivity (Wildman–Crippen MR) is 64.4 cm³/mol. The van der Waals surface area contributed by atoms with E-state index in [1.807, 2.05) is 0 Å². The van der Waals surface area contributed by atoms with Crippen LogP contribution in [0.5, 0.6) is 0 Å². The van der Waals surface area contributed by atoms with Crippen LogP contribution >= 0.6 is 12.4 Å². The van der Waals surface area contributed by atoms with Crippen molar-refractivity contribution in [3.05, 3.63) is 0 Å². The van der Waals surface area contributed by atoms with E-state index < -0.39 is 10.0 Å². The second-order valence-electron chi connectivity index (χ2n) is 4.19. The molecule has 0 aromatic heterocycles. The summed E-state index contributed by atoms with van der Waals surface area (Å²) in [6.07, 6.45) is 2.44. The SMILES string of the molecule is Cl.O=S(=O)(NC1CCNC1)C1CCCOC1. The summed E-state index contributed by atoms with van der Waals surface area (Å²) in [6.45, 7) is 2.67. The van der Waals surface area contributed by atoms with Gasteiger partial charge < -0.3 is 10.1 Å². The van der Waals surface area contributed by atoms with Crippen LogP contribution in [-0.2, 0) is 14.8 Å². The largest absolute Gasteiger partial charge is 0.380 e. The molecule has 0 aliphatic carbocycles. The van der Waals surface area contributed by atoms with Crippen molar-refractivity contribution in [3.63, 3.8) is 0 Å². The van der Waals surface area contributed by atoms with Gasteiger partial charge in [-0.25, -0.2) is 13.1 Å². The van der Waals surface area contributed by atoms with Gasteiger partial charge in [0.05, 0.1) is 11.9 Å². The van der Waals surface area contributed by atoms with Gasteiger partial charge in [0.15, 0.2) is 0 Å². The molecule has 0 radical (unpaired) electrons. The molecular weight excluding hydrogens is 252 g/mol. The molecule has 0 saturated carbocycles. The van der Waals surface area contributed by atoms with Gasteiger partial charge >= 0.3 is 0 Å². The summed E-state index contributed by atoms with van der Waals surface area (Å²) in [7, 11) is -3.18. The number of nitrogens with one attached hydrogen (secondary N) is 2. The quantitative estimate of drug-likeness (QED) is 0.750. The lowest BCUT2D eigenvalue weighted by molar-refractivity contribution is 0.0987. The van der Waals surface area contributed by atoms with Gasteiger partial charge in [-0.15, -0.1) is 12.4 Å². The third-order valence-corrected chi connectivity index (χ3v) is 4.86. The van der Waals surface area contributed by atoms with Gasteiger partial charge in [0.1, 0.15) is 0 Å². The van der Waals surface area contributed by atoms with Crippen molar-refractivity contribution in [3.8, 4) is 0 Å². The van der Waals surface area contributed by atoms with Crippen molar-refractivity contribution in [2.45, 2.75) is 30.6 Å². The van der Waals surface area contributed by atoms with Crippen LogP contribution in [0.4, 0.5) is 0 Å². The lowest BCUT2D eigenvalue weighted by Gasteiger charge is -2.24. The number of halogens is 1. The summed E-state index contributed by atoms with van der Waals surface area (Å²) in [6, 6.07) is 0.0666. The second kappa shape index (κ2) is 6.16. The first-order chi connectivity index (χ1) is 7.18. The Hall–Kier alpha value is 0.120. The first-order valence-corrected chi connectivity index (χ1v) is 7.03. The van der Waals surface area contributed by atoms with E-state index in [0.717, 1.165) is 32.4 Å². The minimum atomic E-state index is -3.18. The molecule has 0 amide bonds. The lowest BCUT2D eigenvalue weighted by Crippen LogP contribution is -2.44. The van der Waals surface area contributed by atoms with Gasteiger partial charge in [0.2, 0.25) is 10.0 Å². The molecule has 0 aromatic rings. The van der Waals surface area contributed by atoms with Gasteiger partial charge in [-0.1, -0.05) is 0 Å². The number of hydrogen-bond donors (Lipinski definition) is 2. The molecular formula is C9H19ClN2O3S. The summed E-state index contributed by atoms with van der Waals surface area (Å²) in [5.41, 5.74) is 0. The van der Waals surface area contributed by atoms with Gasteiger partial charge in [0.25, 0.3) is 0 Å². The molecule has 16 heavy (non-hydrogen) atoms. The Morgan fingerprint density at radius 2 is 2.12 bits per heavy atom. The molecule has 2 atom stereocenters. The first-order valence-electron chi connectivity index (χ1n) is 5.48. The summed E-state index contributed by atoms with van der Waals surface area (Å²) >= 11 is 0. The lowest BCUT2D eigenvalue weighted by atomic mass is 10.2. The highest BCUT2D eigenvalue weighted by Gasteiger charge is 2.30.